The fraction of sp³-hybridized carbons (Fsp3) is 0.263. The summed E-state index contributed by atoms with van der Waals surface area (Å²) < 4.78 is 4.87. The summed E-state index contributed by atoms with van der Waals surface area (Å²) in [7, 11) is 0. The number of nitrogens with zero attached hydrogens (tertiary/aromatic N) is 1. The molecule has 2 aromatic rings. The zero-order valence-corrected chi connectivity index (χ0v) is 15.7. The first kappa shape index (κ1) is 20.4. The molecule has 7 nitrogen and oxygen atoms in total. The predicted octanol–water partition coefficient (Wildman–Crippen LogP) is 4.56. The molecule has 0 aliphatic carbocycles. The minimum absolute atomic E-state index is 0.151. The van der Waals surface area contributed by atoms with E-state index >= 15 is 0 Å². The third kappa shape index (κ3) is 5.52. The van der Waals surface area contributed by atoms with Gasteiger partial charge in [-0.3, -0.25) is 14.9 Å². The van der Waals surface area contributed by atoms with Gasteiger partial charge in [0.15, 0.2) is 6.61 Å². The number of amides is 1. The summed E-state index contributed by atoms with van der Waals surface area (Å²) in [5.74, 6) is -1.13. The largest absolute Gasteiger partial charge is 0.452 e. The highest BCUT2D eigenvalue weighted by Gasteiger charge is 2.22. The van der Waals surface area contributed by atoms with Crippen LogP contribution in [-0.4, -0.2) is 23.4 Å². The van der Waals surface area contributed by atoms with E-state index in [4.69, 9.17) is 16.3 Å². The van der Waals surface area contributed by atoms with Crippen LogP contribution in [0.2, 0.25) is 5.02 Å². The van der Waals surface area contributed by atoms with Crippen LogP contribution in [0.25, 0.3) is 0 Å². The Morgan fingerprint density at radius 3 is 2.48 bits per heavy atom. The molecular formula is C19H19ClN2O5. The second-order valence-electron chi connectivity index (χ2n) is 5.97. The first-order valence-corrected chi connectivity index (χ1v) is 8.70. The molecule has 0 aromatic heterocycles. The Hall–Kier alpha value is -2.93. The van der Waals surface area contributed by atoms with Crippen LogP contribution in [0.15, 0.2) is 42.5 Å². The summed E-state index contributed by atoms with van der Waals surface area (Å²) in [5.41, 5.74) is 0.982. The van der Waals surface area contributed by atoms with E-state index in [1.807, 2.05) is 12.1 Å². The van der Waals surface area contributed by atoms with Crippen molar-refractivity contribution < 1.29 is 19.2 Å². The van der Waals surface area contributed by atoms with Crippen LogP contribution < -0.4 is 5.32 Å². The Morgan fingerprint density at radius 1 is 1.22 bits per heavy atom. The summed E-state index contributed by atoms with van der Waals surface area (Å²) in [4.78, 5) is 34.3. The Bertz CT molecular complexity index is 852. The Morgan fingerprint density at radius 2 is 1.89 bits per heavy atom. The number of nitrogens with one attached hydrogen (secondary N) is 1. The minimum Gasteiger partial charge on any atom is -0.452 e. The second-order valence-corrected chi connectivity index (χ2v) is 6.41. The van der Waals surface area contributed by atoms with Gasteiger partial charge in [-0.05, 0) is 42.2 Å². The lowest BCUT2D eigenvalue weighted by Crippen LogP contribution is -2.21. The van der Waals surface area contributed by atoms with Gasteiger partial charge in [-0.1, -0.05) is 37.6 Å². The van der Waals surface area contributed by atoms with Crippen molar-refractivity contribution >= 4 is 34.9 Å². The van der Waals surface area contributed by atoms with Crippen LogP contribution in [0, 0.1) is 10.1 Å². The fourth-order valence-electron chi connectivity index (χ4n) is 2.37. The molecule has 0 aliphatic heterocycles. The maximum Gasteiger partial charge on any atom is 0.345 e. The van der Waals surface area contributed by atoms with E-state index < -0.39 is 29.1 Å². The first-order valence-electron chi connectivity index (χ1n) is 8.32. The highest BCUT2D eigenvalue weighted by molar-refractivity contribution is 6.31. The molecule has 0 spiro atoms. The average Bonchev–Trinajstić information content (AvgIpc) is 2.65. The Balaban J connectivity index is 1.97. The van der Waals surface area contributed by atoms with E-state index in [2.05, 4.69) is 19.2 Å². The molecule has 0 aliphatic rings. The van der Waals surface area contributed by atoms with Crippen LogP contribution in [-0.2, 0) is 9.53 Å². The SMILES string of the molecule is CC[C@H](C)c1ccc(NC(=O)COC(=O)c2cc(Cl)ccc2[N+](=O)[O-])cc1. The minimum atomic E-state index is -0.994. The monoisotopic (exact) mass is 390 g/mol. The smallest absolute Gasteiger partial charge is 0.345 e. The van der Waals surface area contributed by atoms with Gasteiger partial charge in [-0.2, -0.15) is 0 Å². The highest BCUT2D eigenvalue weighted by Crippen LogP contribution is 2.23. The lowest BCUT2D eigenvalue weighted by atomic mass is 9.99. The molecule has 1 amide bonds. The Kier molecular flexibility index (Phi) is 6.90. The molecule has 1 atom stereocenters. The molecular weight excluding hydrogens is 372 g/mol. The highest BCUT2D eigenvalue weighted by atomic mass is 35.5. The van der Waals surface area contributed by atoms with Crippen LogP contribution in [0.4, 0.5) is 11.4 Å². The maximum atomic E-state index is 12.1. The van der Waals surface area contributed by atoms with Gasteiger partial charge in [0.1, 0.15) is 5.56 Å². The van der Waals surface area contributed by atoms with Gasteiger partial charge < -0.3 is 10.1 Å². The van der Waals surface area contributed by atoms with Crippen LogP contribution in [0.1, 0.15) is 42.1 Å². The lowest BCUT2D eigenvalue weighted by Gasteiger charge is -2.11. The van der Waals surface area contributed by atoms with Gasteiger partial charge in [-0.15, -0.1) is 0 Å². The molecule has 0 radical (unpaired) electrons. The Labute approximate surface area is 161 Å². The quantitative estimate of drug-likeness (QED) is 0.424. The summed E-state index contributed by atoms with van der Waals surface area (Å²) >= 11 is 5.77. The number of hydrogen-bond donors (Lipinski definition) is 1. The van der Waals surface area contributed by atoms with Crippen molar-refractivity contribution in [2.24, 2.45) is 0 Å². The van der Waals surface area contributed by atoms with Gasteiger partial charge >= 0.3 is 5.97 Å². The number of anilines is 1. The number of halogens is 1. The number of ether oxygens (including phenoxy) is 1. The molecule has 0 fully saturated rings. The number of rotatable bonds is 7. The number of nitro groups is 1. The molecule has 2 aromatic carbocycles. The topological polar surface area (TPSA) is 98.5 Å². The molecule has 0 unspecified atom stereocenters. The number of benzene rings is 2. The van der Waals surface area contributed by atoms with Crippen LogP contribution in [0.5, 0.6) is 0 Å². The van der Waals surface area contributed by atoms with Gasteiger partial charge in [-0.25, -0.2) is 4.79 Å². The molecule has 0 bridgehead atoms. The molecule has 142 valence electrons. The summed E-state index contributed by atoms with van der Waals surface area (Å²) in [6.07, 6.45) is 1.01. The molecule has 1 N–H and O–H groups in total. The molecule has 0 saturated heterocycles. The molecule has 8 heteroatoms. The van der Waals surface area contributed by atoms with Crippen LogP contribution >= 0.6 is 11.6 Å². The normalized spacial score (nSPS) is 11.5. The molecule has 0 heterocycles. The standard InChI is InChI=1S/C19H19ClN2O5/c1-3-12(2)13-4-7-15(8-5-13)21-18(23)11-27-19(24)16-10-14(20)6-9-17(16)22(25)26/h4-10,12H,3,11H2,1-2H3,(H,21,23)/t12-/m0/s1. The molecule has 2 rings (SSSR count). The lowest BCUT2D eigenvalue weighted by molar-refractivity contribution is -0.385. The number of nitro benzene ring substituents is 1. The van der Waals surface area contributed by atoms with E-state index in [9.17, 15) is 19.7 Å². The van der Waals surface area contributed by atoms with Crippen LogP contribution in [0.3, 0.4) is 0 Å². The molecule has 27 heavy (non-hydrogen) atoms. The maximum absolute atomic E-state index is 12.1. The van der Waals surface area contributed by atoms with E-state index in [1.54, 1.807) is 12.1 Å². The van der Waals surface area contributed by atoms with Crippen molar-refractivity contribution in [3.05, 3.63) is 68.7 Å². The van der Waals surface area contributed by atoms with Gasteiger partial charge in [0.25, 0.3) is 11.6 Å². The van der Waals surface area contributed by atoms with Gasteiger partial charge in [0, 0.05) is 16.8 Å². The number of carbonyl (C=O) groups excluding carboxylic acids is 2. The van der Waals surface area contributed by atoms with Crippen molar-refractivity contribution in [1.82, 2.24) is 0 Å². The van der Waals surface area contributed by atoms with E-state index in [0.717, 1.165) is 24.1 Å². The summed E-state index contributed by atoms with van der Waals surface area (Å²) in [5, 5.41) is 13.7. The van der Waals surface area contributed by atoms with Gasteiger partial charge in [0.05, 0.1) is 4.92 Å². The summed E-state index contributed by atoms with van der Waals surface area (Å²) in [6, 6.07) is 10.9. The second kappa shape index (κ2) is 9.14. The third-order valence-corrected chi connectivity index (χ3v) is 4.32. The van der Waals surface area contributed by atoms with Crippen molar-refractivity contribution in [2.75, 3.05) is 11.9 Å². The molecule has 0 saturated carbocycles. The van der Waals surface area contributed by atoms with E-state index in [0.29, 0.717) is 11.6 Å². The number of carbonyl (C=O) groups is 2. The average molecular weight is 391 g/mol. The van der Waals surface area contributed by atoms with Gasteiger partial charge in [0.2, 0.25) is 0 Å². The summed E-state index contributed by atoms with van der Waals surface area (Å²) in [6.45, 7) is 3.64. The fourth-order valence-corrected chi connectivity index (χ4v) is 2.54. The number of hydrogen-bond acceptors (Lipinski definition) is 5. The van der Waals surface area contributed by atoms with Crippen molar-refractivity contribution in [2.45, 2.75) is 26.2 Å². The first-order chi connectivity index (χ1) is 12.8. The van der Waals surface area contributed by atoms with E-state index in [1.165, 1.54) is 6.07 Å². The van der Waals surface area contributed by atoms with Crippen molar-refractivity contribution in [3.63, 3.8) is 0 Å². The third-order valence-electron chi connectivity index (χ3n) is 4.09. The van der Waals surface area contributed by atoms with Crippen molar-refractivity contribution in [1.29, 1.82) is 0 Å². The predicted molar refractivity (Wildman–Crippen MR) is 102 cm³/mol. The van der Waals surface area contributed by atoms with Crippen molar-refractivity contribution in [3.8, 4) is 0 Å². The number of esters is 1. The zero-order chi connectivity index (χ0) is 20.0. The zero-order valence-electron chi connectivity index (χ0n) is 14.9. The van der Waals surface area contributed by atoms with E-state index in [-0.39, 0.29) is 10.6 Å².